The van der Waals surface area contributed by atoms with Crippen LogP contribution in [0, 0.1) is 10.1 Å². The van der Waals surface area contributed by atoms with Crippen molar-refractivity contribution in [2.45, 2.75) is 25.9 Å². The molecule has 102 valence electrons. The van der Waals surface area contributed by atoms with Crippen LogP contribution < -0.4 is 5.73 Å². The second kappa shape index (κ2) is 4.79. The monoisotopic (exact) mass is 283 g/mol. The van der Waals surface area contributed by atoms with E-state index in [0.717, 1.165) is 5.57 Å². The van der Waals surface area contributed by atoms with Crippen molar-refractivity contribution in [2.24, 2.45) is 0 Å². The zero-order chi connectivity index (χ0) is 14.2. The highest BCUT2D eigenvalue weighted by atomic mass is 35.5. The molecule has 6 nitrogen and oxygen atoms in total. The number of hydrogen-bond donors (Lipinski definition) is 1. The van der Waals surface area contributed by atoms with Gasteiger partial charge in [-0.15, -0.1) is 0 Å². The van der Waals surface area contributed by atoms with E-state index in [1.807, 2.05) is 19.9 Å². The number of hydrogen-bond acceptors (Lipinski definition) is 5. The highest BCUT2D eigenvalue weighted by Crippen LogP contribution is 2.36. The number of nitrogens with two attached hydrogens (primary N) is 1. The van der Waals surface area contributed by atoms with Crippen molar-refractivity contribution in [3.8, 4) is 0 Å². The van der Waals surface area contributed by atoms with Crippen LogP contribution in [-0.2, 0) is 4.74 Å². The summed E-state index contributed by atoms with van der Waals surface area (Å²) in [5.74, 6) is 0. The summed E-state index contributed by atoms with van der Waals surface area (Å²) < 4.78 is 5.54. The number of nitro groups is 1. The van der Waals surface area contributed by atoms with E-state index in [0.29, 0.717) is 13.0 Å². The number of pyridine rings is 1. The van der Waals surface area contributed by atoms with E-state index in [-0.39, 0.29) is 22.2 Å². The molecule has 0 saturated carbocycles. The summed E-state index contributed by atoms with van der Waals surface area (Å²) in [6, 6.07) is 1.29. The molecular weight excluding hydrogens is 270 g/mol. The summed E-state index contributed by atoms with van der Waals surface area (Å²) in [5.41, 5.74) is 5.97. The SMILES string of the molecule is CC1(C)C=C(c2nc(Cl)cc(N)c2[N+](=O)[O-])CCO1. The first-order chi connectivity index (χ1) is 8.80. The van der Waals surface area contributed by atoms with Gasteiger partial charge in [-0.25, -0.2) is 4.98 Å². The van der Waals surface area contributed by atoms with Crippen LogP contribution in [-0.4, -0.2) is 22.1 Å². The first kappa shape index (κ1) is 13.8. The Hall–Kier alpha value is -1.66. The third-order valence-corrected chi connectivity index (χ3v) is 3.04. The summed E-state index contributed by atoms with van der Waals surface area (Å²) >= 11 is 5.84. The fraction of sp³-hybridized carbons (Fsp3) is 0.417. The molecule has 0 fully saturated rings. The van der Waals surface area contributed by atoms with Crippen molar-refractivity contribution in [2.75, 3.05) is 12.3 Å². The Morgan fingerprint density at radius 3 is 2.84 bits per heavy atom. The Labute approximate surface area is 115 Å². The van der Waals surface area contributed by atoms with Gasteiger partial charge in [-0.1, -0.05) is 11.6 Å². The van der Waals surface area contributed by atoms with Gasteiger partial charge in [-0.2, -0.15) is 0 Å². The van der Waals surface area contributed by atoms with Gasteiger partial charge in [-0.3, -0.25) is 10.1 Å². The Bertz CT molecular complexity index is 570. The van der Waals surface area contributed by atoms with Gasteiger partial charge in [0, 0.05) is 6.07 Å². The highest BCUT2D eigenvalue weighted by molar-refractivity contribution is 6.29. The summed E-state index contributed by atoms with van der Waals surface area (Å²) in [6.45, 7) is 4.24. The Morgan fingerprint density at radius 2 is 2.26 bits per heavy atom. The van der Waals surface area contributed by atoms with Crippen molar-refractivity contribution < 1.29 is 9.66 Å². The van der Waals surface area contributed by atoms with Crippen molar-refractivity contribution in [1.29, 1.82) is 0 Å². The molecule has 0 atom stereocenters. The normalized spacial score (nSPS) is 17.9. The van der Waals surface area contributed by atoms with E-state index < -0.39 is 10.5 Å². The van der Waals surface area contributed by atoms with Crippen molar-refractivity contribution in [3.63, 3.8) is 0 Å². The number of halogens is 1. The van der Waals surface area contributed by atoms with Crippen LogP contribution in [0.4, 0.5) is 11.4 Å². The number of nitrogens with zero attached hydrogens (tertiary/aromatic N) is 2. The summed E-state index contributed by atoms with van der Waals surface area (Å²) in [7, 11) is 0. The molecule has 2 heterocycles. The molecule has 1 aromatic rings. The van der Waals surface area contributed by atoms with Crippen molar-refractivity contribution in [1.82, 2.24) is 4.98 Å². The van der Waals surface area contributed by atoms with E-state index in [2.05, 4.69) is 4.98 Å². The lowest BCUT2D eigenvalue weighted by Gasteiger charge is -2.28. The topological polar surface area (TPSA) is 91.3 Å². The number of rotatable bonds is 2. The number of nitrogen functional groups attached to an aromatic ring is 1. The minimum atomic E-state index is -0.530. The summed E-state index contributed by atoms with van der Waals surface area (Å²) in [6.07, 6.45) is 2.36. The molecule has 1 aliphatic rings. The Balaban J connectivity index is 2.62. The molecule has 0 aromatic carbocycles. The van der Waals surface area contributed by atoms with Crippen LogP contribution >= 0.6 is 11.6 Å². The van der Waals surface area contributed by atoms with Crippen LogP contribution in [0.5, 0.6) is 0 Å². The third-order valence-electron chi connectivity index (χ3n) is 2.84. The van der Waals surface area contributed by atoms with Crippen LogP contribution in [0.3, 0.4) is 0 Å². The van der Waals surface area contributed by atoms with Gasteiger partial charge >= 0.3 is 5.69 Å². The average molecular weight is 284 g/mol. The van der Waals surface area contributed by atoms with Gasteiger partial charge in [0.05, 0.1) is 17.1 Å². The smallest absolute Gasteiger partial charge is 0.317 e. The first-order valence-corrected chi connectivity index (χ1v) is 6.14. The zero-order valence-electron chi connectivity index (χ0n) is 10.6. The maximum absolute atomic E-state index is 11.1. The lowest BCUT2D eigenvalue weighted by atomic mass is 9.96. The third kappa shape index (κ3) is 2.85. The fourth-order valence-electron chi connectivity index (χ4n) is 2.09. The molecule has 1 aromatic heterocycles. The molecular formula is C12H14ClN3O3. The maximum atomic E-state index is 11.1. The Morgan fingerprint density at radius 1 is 1.58 bits per heavy atom. The number of anilines is 1. The molecule has 0 amide bonds. The molecule has 0 aliphatic carbocycles. The molecule has 0 saturated heterocycles. The van der Waals surface area contributed by atoms with Crippen molar-refractivity contribution >= 4 is 28.5 Å². The molecule has 0 unspecified atom stereocenters. The lowest BCUT2D eigenvalue weighted by molar-refractivity contribution is -0.384. The van der Waals surface area contributed by atoms with Gasteiger partial charge in [0.2, 0.25) is 0 Å². The van der Waals surface area contributed by atoms with E-state index in [4.69, 9.17) is 22.1 Å². The van der Waals surface area contributed by atoms with Crippen LogP contribution in [0.25, 0.3) is 5.57 Å². The van der Waals surface area contributed by atoms with Gasteiger partial charge < -0.3 is 10.5 Å². The van der Waals surface area contributed by atoms with Gasteiger partial charge in [0.25, 0.3) is 0 Å². The largest absolute Gasteiger partial charge is 0.393 e. The average Bonchev–Trinajstić information content (AvgIpc) is 2.25. The fourth-order valence-corrected chi connectivity index (χ4v) is 2.29. The van der Waals surface area contributed by atoms with Gasteiger partial charge in [0.1, 0.15) is 16.5 Å². The molecule has 2 rings (SSSR count). The van der Waals surface area contributed by atoms with Crippen LogP contribution in [0.1, 0.15) is 26.0 Å². The molecule has 0 radical (unpaired) electrons. The molecule has 7 heteroatoms. The minimum absolute atomic E-state index is 0.0187. The molecule has 19 heavy (non-hydrogen) atoms. The highest BCUT2D eigenvalue weighted by Gasteiger charge is 2.28. The zero-order valence-corrected chi connectivity index (χ0v) is 11.4. The maximum Gasteiger partial charge on any atom is 0.317 e. The van der Waals surface area contributed by atoms with Crippen LogP contribution in [0.15, 0.2) is 12.1 Å². The van der Waals surface area contributed by atoms with E-state index >= 15 is 0 Å². The first-order valence-electron chi connectivity index (χ1n) is 5.76. The van der Waals surface area contributed by atoms with Gasteiger partial charge in [0.15, 0.2) is 0 Å². The Kier molecular flexibility index (Phi) is 3.47. The van der Waals surface area contributed by atoms with Gasteiger partial charge in [-0.05, 0) is 31.9 Å². The second-order valence-corrected chi connectivity index (χ2v) is 5.25. The predicted molar refractivity (Wildman–Crippen MR) is 72.9 cm³/mol. The summed E-state index contributed by atoms with van der Waals surface area (Å²) in [5, 5.41) is 11.3. The van der Waals surface area contributed by atoms with E-state index in [1.165, 1.54) is 6.07 Å². The lowest BCUT2D eigenvalue weighted by Crippen LogP contribution is -2.26. The van der Waals surface area contributed by atoms with Crippen molar-refractivity contribution in [3.05, 3.63) is 33.1 Å². The standard InChI is InChI=1S/C12H14ClN3O3/c1-12(2)6-7(3-4-19-12)10-11(16(17)18)8(14)5-9(13)15-10/h5-6H,3-4H2,1-2H3,(H2,14,15). The molecule has 0 spiro atoms. The number of ether oxygens (including phenoxy) is 1. The quantitative estimate of drug-likeness (QED) is 0.512. The number of aromatic nitrogens is 1. The summed E-state index contributed by atoms with van der Waals surface area (Å²) in [4.78, 5) is 14.7. The second-order valence-electron chi connectivity index (χ2n) is 4.86. The molecule has 2 N–H and O–H groups in total. The van der Waals surface area contributed by atoms with E-state index in [9.17, 15) is 10.1 Å². The predicted octanol–water partition coefficient (Wildman–Crippen LogP) is 2.81. The van der Waals surface area contributed by atoms with E-state index in [1.54, 1.807) is 0 Å². The van der Waals surface area contributed by atoms with Crippen LogP contribution in [0.2, 0.25) is 5.15 Å². The molecule has 0 bridgehead atoms. The minimum Gasteiger partial charge on any atom is -0.393 e. The molecule has 1 aliphatic heterocycles.